The van der Waals surface area contributed by atoms with E-state index in [2.05, 4.69) is 10.3 Å². The van der Waals surface area contributed by atoms with E-state index in [1.807, 2.05) is 0 Å². The van der Waals surface area contributed by atoms with Crippen molar-refractivity contribution in [1.82, 2.24) is 10.3 Å². The number of hydrogen-bond donors (Lipinski definition) is 4. The molecule has 0 saturated carbocycles. The number of aliphatic hydroxyl groups excluding tert-OH is 1. The number of benzene rings is 1. The first-order chi connectivity index (χ1) is 9.11. The van der Waals surface area contributed by atoms with Gasteiger partial charge in [-0.15, -0.1) is 0 Å². The quantitative estimate of drug-likeness (QED) is 0.590. The number of methoxy groups -OCH3 is 1. The number of carbonyl (C=O) groups excluding carboxylic acids is 1. The summed E-state index contributed by atoms with van der Waals surface area (Å²) in [6, 6.07) is 5.31. The number of anilines is 1. The molecular formula is C13H17N3O3. The number of aromatic amines is 1. The van der Waals surface area contributed by atoms with Crippen LogP contribution in [0.5, 0.6) is 0 Å². The third kappa shape index (κ3) is 3.04. The molecule has 1 heterocycles. The number of nitrogens with two attached hydrogens (primary N) is 1. The minimum Gasteiger partial charge on any atom is -0.399 e. The average Bonchev–Trinajstić information content (AvgIpc) is 2.79. The topological polar surface area (TPSA) is 100 Å². The molecule has 0 aliphatic carbocycles. The number of aliphatic hydroxyl groups is 1. The first kappa shape index (κ1) is 13.4. The maximum absolute atomic E-state index is 12.0. The number of rotatable bonds is 5. The van der Waals surface area contributed by atoms with Gasteiger partial charge in [-0.2, -0.15) is 0 Å². The zero-order valence-corrected chi connectivity index (χ0v) is 10.6. The second-order valence-electron chi connectivity index (χ2n) is 4.33. The van der Waals surface area contributed by atoms with Crippen LogP contribution in [-0.4, -0.2) is 42.4 Å². The largest absolute Gasteiger partial charge is 0.399 e. The number of nitrogen functional groups attached to an aromatic ring is 1. The number of carbonyl (C=O) groups is 1. The van der Waals surface area contributed by atoms with E-state index in [4.69, 9.17) is 10.5 Å². The Bertz CT molecular complexity index is 580. The Labute approximate surface area is 110 Å². The van der Waals surface area contributed by atoms with Crippen molar-refractivity contribution in [2.75, 3.05) is 26.0 Å². The summed E-state index contributed by atoms with van der Waals surface area (Å²) in [6.07, 6.45) is 0.914. The Morgan fingerprint density at radius 1 is 1.58 bits per heavy atom. The molecule has 1 amide bonds. The van der Waals surface area contributed by atoms with Crippen molar-refractivity contribution in [3.05, 3.63) is 30.0 Å². The van der Waals surface area contributed by atoms with Crippen LogP contribution >= 0.6 is 0 Å². The molecule has 6 heteroatoms. The van der Waals surface area contributed by atoms with E-state index in [1.54, 1.807) is 24.4 Å². The molecule has 0 saturated heterocycles. The van der Waals surface area contributed by atoms with Crippen LogP contribution in [-0.2, 0) is 4.74 Å². The summed E-state index contributed by atoms with van der Waals surface area (Å²) in [5.41, 5.74) is 7.64. The van der Waals surface area contributed by atoms with Gasteiger partial charge < -0.3 is 25.9 Å². The Hall–Kier alpha value is -2.05. The van der Waals surface area contributed by atoms with Crippen molar-refractivity contribution in [1.29, 1.82) is 0 Å². The van der Waals surface area contributed by atoms with Gasteiger partial charge >= 0.3 is 0 Å². The highest BCUT2D eigenvalue weighted by Gasteiger charge is 2.13. The van der Waals surface area contributed by atoms with Crippen LogP contribution in [0.25, 0.3) is 10.9 Å². The van der Waals surface area contributed by atoms with Crippen molar-refractivity contribution in [2.24, 2.45) is 0 Å². The molecule has 102 valence electrons. The summed E-state index contributed by atoms with van der Waals surface area (Å²) >= 11 is 0. The standard InChI is InChI=1S/C13H17N3O3/c1-19-7-9(17)5-16-13(18)11-6-15-12-4-8(14)2-3-10(11)12/h2-4,6,9,15,17H,5,7,14H2,1H3,(H,16,18). The van der Waals surface area contributed by atoms with E-state index in [1.165, 1.54) is 7.11 Å². The van der Waals surface area contributed by atoms with Crippen LogP contribution < -0.4 is 11.1 Å². The summed E-state index contributed by atoms with van der Waals surface area (Å²) in [4.78, 5) is 15.0. The fraction of sp³-hybridized carbons (Fsp3) is 0.308. The molecule has 0 aliphatic heterocycles. The molecule has 1 atom stereocenters. The smallest absolute Gasteiger partial charge is 0.253 e. The number of H-pyrrole nitrogens is 1. The molecule has 0 aliphatic rings. The molecule has 1 aromatic heterocycles. The van der Waals surface area contributed by atoms with Gasteiger partial charge in [-0.1, -0.05) is 0 Å². The summed E-state index contributed by atoms with van der Waals surface area (Å²) in [5.74, 6) is -0.244. The molecule has 0 radical (unpaired) electrons. The van der Waals surface area contributed by atoms with E-state index in [0.717, 1.165) is 10.9 Å². The van der Waals surface area contributed by atoms with Crippen LogP contribution in [0.3, 0.4) is 0 Å². The van der Waals surface area contributed by atoms with E-state index >= 15 is 0 Å². The number of fused-ring (bicyclic) bond motifs is 1. The molecule has 5 N–H and O–H groups in total. The Kier molecular flexibility index (Phi) is 4.03. The maximum Gasteiger partial charge on any atom is 0.253 e. The number of ether oxygens (including phenoxy) is 1. The molecule has 6 nitrogen and oxygen atoms in total. The summed E-state index contributed by atoms with van der Waals surface area (Å²) in [5, 5.41) is 12.9. The third-order valence-corrected chi connectivity index (χ3v) is 2.81. The highest BCUT2D eigenvalue weighted by molar-refractivity contribution is 6.07. The van der Waals surface area contributed by atoms with Crippen molar-refractivity contribution in [2.45, 2.75) is 6.10 Å². The number of hydrogen-bond acceptors (Lipinski definition) is 4. The SMILES string of the molecule is COCC(O)CNC(=O)c1c[nH]c2cc(N)ccc12. The predicted octanol–water partition coefficient (Wildman–Crippen LogP) is 0.487. The van der Waals surface area contributed by atoms with Gasteiger partial charge in [0.2, 0.25) is 0 Å². The van der Waals surface area contributed by atoms with E-state index in [9.17, 15) is 9.90 Å². The molecule has 19 heavy (non-hydrogen) atoms. The van der Waals surface area contributed by atoms with Crippen molar-refractivity contribution < 1.29 is 14.6 Å². The van der Waals surface area contributed by atoms with Crippen molar-refractivity contribution in [3.63, 3.8) is 0 Å². The zero-order chi connectivity index (χ0) is 13.8. The molecule has 1 aromatic carbocycles. The van der Waals surface area contributed by atoms with Crippen molar-refractivity contribution in [3.8, 4) is 0 Å². The summed E-state index contributed by atoms with van der Waals surface area (Å²) in [7, 11) is 1.50. The molecule has 0 bridgehead atoms. The van der Waals surface area contributed by atoms with E-state index in [-0.39, 0.29) is 19.1 Å². The zero-order valence-electron chi connectivity index (χ0n) is 10.6. The first-order valence-corrected chi connectivity index (χ1v) is 5.93. The number of aromatic nitrogens is 1. The van der Waals surface area contributed by atoms with E-state index in [0.29, 0.717) is 11.3 Å². The molecular weight excluding hydrogens is 246 g/mol. The summed E-state index contributed by atoms with van der Waals surface area (Å²) in [6.45, 7) is 0.332. The Morgan fingerprint density at radius 2 is 2.37 bits per heavy atom. The Morgan fingerprint density at radius 3 is 3.11 bits per heavy atom. The van der Waals surface area contributed by atoms with Gasteiger partial charge in [0.1, 0.15) is 0 Å². The Balaban J connectivity index is 2.09. The highest BCUT2D eigenvalue weighted by Crippen LogP contribution is 2.20. The molecule has 1 unspecified atom stereocenters. The molecule has 0 spiro atoms. The lowest BCUT2D eigenvalue weighted by Crippen LogP contribution is -2.34. The fourth-order valence-corrected chi connectivity index (χ4v) is 1.89. The fourth-order valence-electron chi connectivity index (χ4n) is 1.89. The van der Waals surface area contributed by atoms with Gasteiger partial charge in [-0.05, 0) is 18.2 Å². The van der Waals surface area contributed by atoms with Gasteiger partial charge in [0.25, 0.3) is 5.91 Å². The minimum atomic E-state index is -0.713. The lowest BCUT2D eigenvalue weighted by molar-refractivity contribution is 0.0610. The van der Waals surface area contributed by atoms with Gasteiger partial charge in [-0.3, -0.25) is 4.79 Å². The number of amides is 1. The normalized spacial score (nSPS) is 12.5. The molecule has 2 aromatic rings. The van der Waals surface area contributed by atoms with Crippen LogP contribution in [0.2, 0.25) is 0 Å². The third-order valence-electron chi connectivity index (χ3n) is 2.81. The van der Waals surface area contributed by atoms with Crippen LogP contribution in [0.15, 0.2) is 24.4 Å². The lowest BCUT2D eigenvalue weighted by atomic mass is 10.1. The molecule has 0 fully saturated rings. The molecule has 2 rings (SSSR count). The van der Waals surface area contributed by atoms with Crippen LogP contribution in [0, 0.1) is 0 Å². The maximum atomic E-state index is 12.0. The van der Waals surface area contributed by atoms with Crippen LogP contribution in [0.1, 0.15) is 10.4 Å². The van der Waals surface area contributed by atoms with Crippen LogP contribution in [0.4, 0.5) is 5.69 Å². The second kappa shape index (κ2) is 5.73. The monoisotopic (exact) mass is 263 g/mol. The minimum absolute atomic E-state index is 0.147. The first-order valence-electron chi connectivity index (χ1n) is 5.93. The second-order valence-corrected chi connectivity index (χ2v) is 4.33. The lowest BCUT2D eigenvalue weighted by Gasteiger charge is -2.10. The number of nitrogens with one attached hydrogen (secondary N) is 2. The van der Waals surface area contributed by atoms with Gasteiger partial charge in [0.15, 0.2) is 0 Å². The van der Waals surface area contributed by atoms with Gasteiger partial charge in [0, 0.05) is 36.4 Å². The highest BCUT2D eigenvalue weighted by atomic mass is 16.5. The average molecular weight is 263 g/mol. The summed E-state index contributed by atoms with van der Waals surface area (Å²) < 4.78 is 4.79. The van der Waals surface area contributed by atoms with Gasteiger partial charge in [0.05, 0.1) is 18.3 Å². The van der Waals surface area contributed by atoms with Crippen molar-refractivity contribution >= 4 is 22.5 Å². The predicted molar refractivity (Wildman–Crippen MR) is 72.9 cm³/mol. The van der Waals surface area contributed by atoms with Gasteiger partial charge in [-0.25, -0.2) is 0 Å². The van der Waals surface area contributed by atoms with E-state index < -0.39 is 6.10 Å².